The number of hydrogen-bond acceptors (Lipinski definition) is 8. The predicted octanol–water partition coefficient (Wildman–Crippen LogP) is 2.62. The molecule has 1 aliphatic carbocycles. The minimum absolute atomic E-state index is 0.0571. The lowest BCUT2D eigenvalue weighted by Gasteiger charge is -2.37. The number of likely N-dealkylation sites (tertiary alicyclic amines) is 1. The molecule has 2 heterocycles. The van der Waals surface area contributed by atoms with Gasteiger partial charge in [-0.2, -0.15) is 0 Å². The van der Waals surface area contributed by atoms with E-state index in [4.69, 9.17) is 20.9 Å². The Morgan fingerprint density at radius 2 is 1.90 bits per heavy atom. The highest BCUT2D eigenvalue weighted by Gasteiger charge is 2.40. The fourth-order valence-electron chi connectivity index (χ4n) is 5.97. The van der Waals surface area contributed by atoms with E-state index in [0.29, 0.717) is 44.3 Å². The lowest BCUT2D eigenvalue weighted by molar-refractivity contribution is -0.150. The molecule has 2 aromatic rings. The number of rotatable bonds is 12. The fourth-order valence-corrected chi connectivity index (χ4v) is 5.97. The number of aromatic nitrogens is 1. The number of methoxy groups -OCH3 is 1. The standard InChI is InChI=1S/C29H41N5O5/c1-38-14-15-39-26(35)19-33(18-21-9-10-23-22(16-21)11-12-32-27(23)30)25(17-20-6-3-2-4-7-20)29(37)34-13-5-8-24(34)28(31)36/h9-12,16,20,24-25H,2-8,13-15,17-19H2,1H3,(H2,30,32)(H2,31,36)/t24-,25+/m0/s1. The highest BCUT2D eigenvalue weighted by atomic mass is 16.6. The third kappa shape index (κ3) is 7.45. The second kappa shape index (κ2) is 13.7. The average Bonchev–Trinajstić information content (AvgIpc) is 3.43. The summed E-state index contributed by atoms with van der Waals surface area (Å²) in [6.45, 7) is 1.23. The molecule has 10 heteroatoms. The van der Waals surface area contributed by atoms with E-state index in [1.165, 1.54) is 6.42 Å². The zero-order chi connectivity index (χ0) is 27.8. The van der Waals surface area contributed by atoms with Crippen LogP contribution < -0.4 is 11.5 Å². The summed E-state index contributed by atoms with van der Waals surface area (Å²) in [4.78, 5) is 47.0. The van der Waals surface area contributed by atoms with Crippen LogP contribution >= 0.6 is 0 Å². The Morgan fingerprint density at radius 3 is 2.64 bits per heavy atom. The Hall–Kier alpha value is -3.24. The van der Waals surface area contributed by atoms with Gasteiger partial charge in [0.2, 0.25) is 11.8 Å². The van der Waals surface area contributed by atoms with Gasteiger partial charge in [0.05, 0.1) is 19.2 Å². The number of primary amides is 1. The molecule has 4 N–H and O–H groups in total. The van der Waals surface area contributed by atoms with E-state index in [9.17, 15) is 14.4 Å². The van der Waals surface area contributed by atoms with Crippen molar-refractivity contribution in [3.8, 4) is 0 Å². The number of fused-ring (bicyclic) bond motifs is 1. The number of benzene rings is 1. The van der Waals surface area contributed by atoms with E-state index in [0.717, 1.165) is 48.4 Å². The molecule has 2 atom stereocenters. The first-order valence-corrected chi connectivity index (χ1v) is 14.0. The molecular formula is C29H41N5O5. The number of anilines is 1. The summed E-state index contributed by atoms with van der Waals surface area (Å²) >= 11 is 0. The molecule has 2 aliphatic rings. The van der Waals surface area contributed by atoms with Crippen LogP contribution in [0, 0.1) is 5.92 Å². The second-order valence-corrected chi connectivity index (χ2v) is 10.7. The first kappa shape index (κ1) is 28.8. The molecule has 212 valence electrons. The summed E-state index contributed by atoms with van der Waals surface area (Å²) in [5.41, 5.74) is 12.7. The van der Waals surface area contributed by atoms with Gasteiger partial charge >= 0.3 is 5.97 Å². The third-order valence-electron chi connectivity index (χ3n) is 8.00. The van der Waals surface area contributed by atoms with Gasteiger partial charge in [-0.05, 0) is 48.3 Å². The molecule has 0 radical (unpaired) electrons. The zero-order valence-electron chi connectivity index (χ0n) is 22.8. The molecule has 1 aromatic heterocycles. The Labute approximate surface area is 230 Å². The van der Waals surface area contributed by atoms with Crippen molar-refractivity contribution in [2.45, 2.75) is 70.0 Å². The topological polar surface area (TPSA) is 141 Å². The van der Waals surface area contributed by atoms with Gasteiger partial charge in [0.15, 0.2) is 0 Å². The molecule has 0 unspecified atom stereocenters. The number of carbonyl (C=O) groups excluding carboxylic acids is 3. The van der Waals surface area contributed by atoms with Crippen molar-refractivity contribution in [1.29, 1.82) is 0 Å². The van der Waals surface area contributed by atoms with E-state index in [2.05, 4.69) is 4.98 Å². The van der Waals surface area contributed by atoms with Crippen LogP contribution in [-0.4, -0.2) is 78.1 Å². The van der Waals surface area contributed by atoms with Crippen LogP contribution in [0.3, 0.4) is 0 Å². The smallest absolute Gasteiger partial charge is 0.320 e. The molecule has 1 saturated heterocycles. The first-order valence-electron chi connectivity index (χ1n) is 14.0. The van der Waals surface area contributed by atoms with Gasteiger partial charge in [-0.15, -0.1) is 0 Å². The maximum absolute atomic E-state index is 14.1. The van der Waals surface area contributed by atoms with Gasteiger partial charge in [-0.1, -0.05) is 44.2 Å². The van der Waals surface area contributed by atoms with E-state index in [-0.39, 0.29) is 19.1 Å². The number of nitrogens with zero attached hydrogens (tertiary/aromatic N) is 3. The van der Waals surface area contributed by atoms with Gasteiger partial charge in [0.1, 0.15) is 18.5 Å². The van der Waals surface area contributed by atoms with Crippen LogP contribution in [0.5, 0.6) is 0 Å². The lowest BCUT2D eigenvalue weighted by atomic mass is 9.84. The number of ether oxygens (including phenoxy) is 2. The van der Waals surface area contributed by atoms with Gasteiger partial charge < -0.3 is 25.8 Å². The minimum Gasteiger partial charge on any atom is -0.462 e. The molecule has 2 fully saturated rings. The van der Waals surface area contributed by atoms with Crippen molar-refractivity contribution in [3.05, 3.63) is 36.0 Å². The Balaban J connectivity index is 1.65. The number of carbonyl (C=O) groups is 3. The van der Waals surface area contributed by atoms with E-state index >= 15 is 0 Å². The number of nitrogen functional groups attached to an aromatic ring is 1. The third-order valence-corrected chi connectivity index (χ3v) is 8.00. The van der Waals surface area contributed by atoms with Gasteiger partial charge in [-0.25, -0.2) is 4.98 Å². The molecule has 1 saturated carbocycles. The highest BCUT2D eigenvalue weighted by molar-refractivity contribution is 5.91. The molecule has 0 bridgehead atoms. The molecule has 10 nitrogen and oxygen atoms in total. The van der Waals surface area contributed by atoms with E-state index in [1.807, 2.05) is 29.2 Å². The molecule has 39 heavy (non-hydrogen) atoms. The summed E-state index contributed by atoms with van der Waals surface area (Å²) in [5, 5.41) is 1.79. The molecule has 4 rings (SSSR count). The summed E-state index contributed by atoms with van der Waals surface area (Å²) in [6, 6.07) is 6.59. The minimum atomic E-state index is -0.613. The molecular weight excluding hydrogens is 498 g/mol. The van der Waals surface area contributed by atoms with E-state index in [1.54, 1.807) is 18.2 Å². The number of amides is 2. The fraction of sp³-hybridized carbons (Fsp3) is 0.586. The van der Waals surface area contributed by atoms with Crippen LogP contribution in [0.4, 0.5) is 5.82 Å². The lowest BCUT2D eigenvalue weighted by Crippen LogP contribution is -2.54. The predicted molar refractivity (Wildman–Crippen MR) is 148 cm³/mol. The number of nitrogens with two attached hydrogens (primary N) is 2. The summed E-state index contributed by atoms with van der Waals surface area (Å²) in [6.07, 6.45) is 9.17. The monoisotopic (exact) mass is 539 g/mol. The molecule has 1 aromatic carbocycles. The van der Waals surface area contributed by atoms with Crippen molar-refractivity contribution in [1.82, 2.24) is 14.8 Å². The quantitative estimate of drug-likeness (QED) is 0.310. The van der Waals surface area contributed by atoms with E-state index < -0.39 is 24.0 Å². The normalized spacial score (nSPS) is 18.9. The summed E-state index contributed by atoms with van der Waals surface area (Å²) < 4.78 is 10.4. The highest BCUT2D eigenvalue weighted by Crippen LogP contribution is 2.31. The molecule has 0 spiro atoms. The van der Waals surface area contributed by atoms with Gasteiger partial charge in [-0.3, -0.25) is 19.3 Å². The molecule has 2 amide bonds. The van der Waals surface area contributed by atoms with Crippen molar-refractivity contribution in [2.24, 2.45) is 11.7 Å². The van der Waals surface area contributed by atoms with Crippen LogP contribution in [0.1, 0.15) is 56.9 Å². The average molecular weight is 540 g/mol. The Bertz CT molecular complexity index is 1150. The van der Waals surface area contributed by atoms with Crippen molar-refractivity contribution < 1.29 is 23.9 Å². The van der Waals surface area contributed by atoms with Crippen LogP contribution in [-0.2, 0) is 30.4 Å². The van der Waals surface area contributed by atoms with Crippen LogP contribution in [0.15, 0.2) is 30.5 Å². The number of pyridine rings is 1. The molecule has 1 aliphatic heterocycles. The van der Waals surface area contributed by atoms with Gasteiger partial charge in [0, 0.05) is 31.8 Å². The second-order valence-electron chi connectivity index (χ2n) is 10.7. The Kier molecular flexibility index (Phi) is 10.1. The van der Waals surface area contributed by atoms with Gasteiger partial charge in [0.25, 0.3) is 0 Å². The maximum atomic E-state index is 14.1. The largest absolute Gasteiger partial charge is 0.462 e. The van der Waals surface area contributed by atoms with Crippen LogP contribution in [0.25, 0.3) is 10.8 Å². The van der Waals surface area contributed by atoms with Crippen molar-refractivity contribution >= 4 is 34.4 Å². The number of hydrogen-bond donors (Lipinski definition) is 2. The SMILES string of the molecule is COCCOC(=O)CN(Cc1ccc2c(N)nccc2c1)[C@H](CC1CCCCC1)C(=O)N1CCC[C@H]1C(N)=O. The maximum Gasteiger partial charge on any atom is 0.320 e. The van der Waals surface area contributed by atoms with Crippen molar-refractivity contribution in [3.63, 3.8) is 0 Å². The Morgan fingerprint density at radius 1 is 1.10 bits per heavy atom. The summed E-state index contributed by atoms with van der Waals surface area (Å²) in [7, 11) is 1.55. The first-order chi connectivity index (χ1) is 18.9. The van der Waals surface area contributed by atoms with Crippen molar-refractivity contribution in [2.75, 3.05) is 39.1 Å². The number of esters is 1. The zero-order valence-corrected chi connectivity index (χ0v) is 22.8. The summed E-state index contributed by atoms with van der Waals surface area (Å²) in [5.74, 6) is -0.216. The van der Waals surface area contributed by atoms with Crippen LogP contribution in [0.2, 0.25) is 0 Å².